The average molecular weight is 277 g/mol. The predicted octanol–water partition coefficient (Wildman–Crippen LogP) is -1.30. The van der Waals surface area contributed by atoms with Crippen LogP contribution in [-0.4, -0.2) is 80.2 Å². The van der Waals surface area contributed by atoms with Crippen molar-refractivity contribution in [1.82, 2.24) is 15.5 Å². The largest absolute Gasteiger partial charge is 0.479 e. The molecular formula is C11H23N3O5. The molecule has 0 heterocycles. The molecule has 0 radical (unpaired) electrons. The van der Waals surface area contributed by atoms with Crippen LogP contribution >= 0.6 is 0 Å². The maximum Gasteiger partial charge on any atom is 0.332 e. The molecule has 112 valence electrons. The van der Waals surface area contributed by atoms with Crippen LogP contribution in [0, 0.1) is 0 Å². The van der Waals surface area contributed by atoms with E-state index >= 15 is 0 Å². The zero-order valence-corrected chi connectivity index (χ0v) is 11.4. The van der Waals surface area contributed by atoms with E-state index < -0.39 is 12.1 Å². The summed E-state index contributed by atoms with van der Waals surface area (Å²) in [5, 5.41) is 22.5. The van der Waals surface area contributed by atoms with E-state index in [0.29, 0.717) is 19.7 Å². The van der Waals surface area contributed by atoms with Gasteiger partial charge in [-0.15, -0.1) is 0 Å². The first-order chi connectivity index (χ1) is 8.97. The molecule has 8 nitrogen and oxygen atoms in total. The molecule has 0 fully saturated rings. The molecule has 0 rings (SSSR count). The number of likely N-dealkylation sites (N-methyl/N-ethyl adjacent to an activating group) is 1. The molecule has 0 aliphatic rings. The molecule has 0 saturated heterocycles. The van der Waals surface area contributed by atoms with Crippen molar-refractivity contribution in [3.63, 3.8) is 0 Å². The van der Waals surface area contributed by atoms with Crippen LogP contribution in [-0.2, 0) is 9.53 Å². The summed E-state index contributed by atoms with van der Waals surface area (Å²) in [6, 6.07) is -0.377. The van der Waals surface area contributed by atoms with E-state index in [2.05, 4.69) is 10.6 Å². The Balaban J connectivity index is 3.52. The summed E-state index contributed by atoms with van der Waals surface area (Å²) in [5.41, 5.74) is 0. The predicted molar refractivity (Wildman–Crippen MR) is 69.0 cm³/mol. The Morgan fingerprint density at radius 3 is 2.47 bits per heavy atom. The molecule has 0 unspecified atom stereocenters. The molecular weight excluding hydrogens is 254 g/mol. The number of aliphatic carboxylic acids is 1. The zero-order chi connectivity index (χ0) is 14.7. The Labute approximate surface area is 112 Å². The molecule has 0 aliphatic heterocycles. The quantitative estimate of drug-likeness (QED) is 0.395. The number of aliphatic hydroxyl groups is 1. The first-order valence-electron chi connectivity index (χ1n) is 6.07. The first kappa shape index (κ1) is 17.6. The average Bonchev–Trinajstić information content (AvgIpc) is 2.36. The molecule has 0 bridgehead atoms. The number of nitrogens with zero attached hydrogens (tertiary/aromatic N) is 1. The maximum atomic E-state index is 11.3. The van der Waals surface area contributed by atoms with Crippen molar-refractivity contribution in [3.05, 3.63) is 0 Å². The third-order valence-electron chi connectivity index (χ3n) is 2.44. The molecule has 0 aliphatic carbocycles. The van der Waals surface area contributed by atoms with Gasteiger partial charge in [0.25, 0.3) is 0 Å². The van der Waals surface area contributed by atoms with Gasteiger partial charge in [0.05, 0.1) is 6.61 Å². The third kappa shape index (κ3) is 10.2. The number of aliphatic hydroxyl groups excluding tert-OH is 1. The summed E-state index contributed by atoms with van der Waals surface area (Å²) in [7, 11) is 3.55. The number of carboxylic acids is 1. The second kappa shape index (κ2) is 10.5. The summed E-state index contributed by atoms with van der Waals surface area (Å²) in [6.45, 7) is 2.70. The smallest absolute Gasteiger partial charge is 0.332 e. The SMILES string of the molecule is COCCN(C)CCNC(=O)NCC[C@H](O)C(=O)O. The van der Waals surface area contributed by atoms with Crippen molar-refractivity contribution in [2.24, 2.45) is 0 Å². The monoisotopic (exact) mass is 277 g/mol. The molecule has 0 aromatic carbocycles. The minimum atomic E-state index is -1.44. The van der Waals surface area contributed by atoms with Crippen LogP contribution in [0.15, 0.2) is 0 Å². The van der Waals surface area contributed by atoms with Gasteiger partial charge in [0, 0.05) is 39.7 Å². The van der Waals surface area contributed by atoms with E-state index in [1.165, 1.54) is 0 Å². The number of carbonyl (C=O) groups excluding carboxylic acids is 1. The Hall–Kier alpha value is -1.38. The lowest BCUT2D eigenvalue weighted by Gasteiger charge is -2.16. The number of hydrogen-bond acceptors (Lipinski definition) is 5. The second-order valence-electron chi connectivity index (χ2n) is 4.12. The fraction of sp³-hybridized carbons (Fsp3) is 0.818. The van der Waals surface area contributed by atoms with Gasteiger partial charge in [-0.3, -0.25) is 0 Å². The van der Waals surface area contributed by atoms with Crippen molar-refractivity contribution in [2.75, 3.05) is 46.9 Å². The molecule has 0 aromatic rings. The number of amides is 2. The van der Waals surface area contributed by atoms with Gasteiger partial charge in [0.1, 0.15) is 0 Å². The van der Waals surface area contributed by atoms with E-state index in [-0.39, 0.29) is 19.0 Å². The summed E-state index contributed by atoms with van der Waals surface area (Å²) in [4.78, 5) is 23.6. The number of nitrogens with one attached hydrogen (secondary N) is 2. The summed E-state index contributed by atoms with van der Waals surface area (Å²) >= 11 is 0. The number of carboxylic acid groups (broad SMARTS) is 1. The van der Waals surface area contributed by atoms with Crippen LogP contribution in [0.2, 0.25) is 0 Å². The number of hydrogen-bond donors (Lipinski definition) is 4. The van der Waals surface area contributed by atoms with Gasteiger partial charge in [0.2, 0.25) is 0 Å². The highest BCUT2D eigenvalue weighted by atomic mass is 16.5. The van der Waals surface area contributed by atoms with Crippen molar-refractivity contribution < 1.29 is 24.5 Å². The fourth-order valence-corrected chi connectivity index (χ4v) is 1.23. The van der Waals surface area contributed by atoms with Crippen LogP contribution in [0.25, 0.3) is 0 Å². The van der Waals surface area contributed by atoms with Crippen LogP contribution in [0.3, 0.4) is 0 Å². The molecule has 0 aromatic heterocycles. The standard InChI is InChI=1S/C11H23N3O5/c1-14(7-8-19-2)6-5-13-11(18)12-4-3-9(15)10(16)17/h9,15H,3-8H2,1-2H3,(H,16,17)(H2,12,13,18)/t9-/m0/s1. The lowest BCUT2D eigenvalue weighted by Crippen LogP contribution is -2.41. The maximum absolute atomic E-state index is 11.3. The number of carbonyl (C=O) groups is 2. The summed E-state index contributed by atoms with van der Waals surface area (Å²) in [6.07, 6.45) is -1.46. The van der Waals surface area contributed by atoms with Gasteiger partial charge >= 0.3 is 12.0 Å². The Morgan fingerprint density at radius 2 is 1.89 bits per heavy atom. The molecule has 8 heteroatoms. The number of methoxy groups -OCH3 is 1. The van der Waals surface area contributed by atoms with Crippen molar-refractivity contribution in [1.29, 1.82) is 0 Å². The highest BCUT2D eigenvalue weighted by Gasteiger charge is 2.12. The van der Waals surface area contributed by atoms with E-state index in [1.54, 1.807) is 7.11 Å². The Morgan fingerprint density at radius 1 is 1.26 bits per heavy atom. The highest BCUT2D eigenvalue weighted by Crippen LogP contribution is 1.89. The van der Waals surface area contributed by atoms with Crippen LogP contribution < -0.4 is 10.6 Å². The highest BCUT2D eigenvalue weighted by molar-refractivity contribution is 5.74. The number of rotatable bonds is 10. The minimum Gasteiger partial charge on any atom is -0.479 e. The van der Waals surface area contributed by atoms with Gasteiger partial charge in [-0.2, -0.15) is 0 Å². The van der Waals surface area contributed by atoms with E-state index in [4.69, 9.17) is 14.9 Å². The fourth-order valence-electron chi connectivity index (χ4n) is 1.23. The van der Waals surface area contributed by atoms with Gasteiger partial charge < -0.3 is 30.5 Å². The third-order valence-corrected chi connectivity index (χ3v) is 2.44. The van der Waals surface area contributed by atoms with E-state index in [0.717, 1.165) is 6.54 Å². The normalized spacial score (nSPS) is 12.2. The zero-order valence-electron chi connectivity index (χ0n) is 11.4. The van der Waals surface area contributed by atoms with Crippen LogP contribution in [0.5, 0.6) is 0 Å². The van der Waals surface area contributed by atoms with Gasteiger partial charge in [-0.1, -0.05) is 0 Å². The molecule has 4 N–H and O–H groups in total. The second-order valence-corrected chi connectivity index (χ2v) is 4.12. The summed E-state index contributed by atoms with van der Waals surface area (Å²) < 4.78 is 4.92. The first-order valence-corrected chi connectivity index (χ1v) is 6.07. The van der Waals surface area contributed by atoms with Crippen molar-refractivity contribution in [3.8, 4) is 0 Å². The lowest BCUT2D eigenvalue weighted by molar-refractivity contribution is -0.146. The van der Waals surface area contributed by atoms with Crippen molar-refractivity contribution >= 4 is 12.0 Å². The van der Waals surface area contributed by atoms with E-state index in [9.17, 15) is 9.59 Å². The van der Waals surface area contributed by atoms with E-state index in [1.807, 2.05) is 11.9 Å². The van der Waals surface area contributed by atoms with Gasteiger partial charge in [-0.25, -0.2) is 9.59 Å². The van der Waals surface area contributed by atoms with Crippen LogP contribution in [0.1, 0.15) is 6.42 Å². The Kier molecular flexibility index (Phi) is 9.77. The van der Waals surface area contributed by atoms with Gasteiger partial charge in [-0.05, 0) is 7.05 Å². The number of urea groups is 1. The molecule has 19 heavy (non-hydrogen) atoms. The van der Waals surface area contributed by atoms with Crippen LogP contribution in [0.4, 0.5) is 4.79 Å². The molecule has 0 spiro atoms. The lowest BCUT2D eigenvalue weighted by atomic mass is 10.2. The number of ether oxygens (including phenoxy) is 1. The van der Waals surface area contributed by atoms with Crippen molar-refractivity contribution in [2.45, 2.75) is 12.5 Å². The minimum absolute atomic E-state index is 0.0174. The summed E-state index contributed by atoms with van der Waals surface area (Å²) in [5.74, 6) is -1.29. The Bertz CT molecular complexity index is 275. The molecule has 2 amide bonds. The molecule has 0 saturated carbocycles. The topological polar surface area (TPSA) is 111 Å². The van der Waals surface area contributed by atoms with Gasteiger partial charge in [0.15, 0.2) is 6.10 Å². The molecule has 1 atom stereocenters.